The Labute approximate surface area is 174 Å². The maximum Gasteiger partial charge on any atom is 0.410 e. The lowest BCUT2D eigenvalue weighted by atomic mass is 9.92. The van der Waals surface area contributed by atoms with Gasteiger partial charge in [-0.15, -0.1) is 0 Å². The number of fused-ring (bicyclic) bond motifs is 1. The number of Topliss-reactive ketones (excluding diaryl/α,β-unsaturated/α-hetero) is 1. The Balaban J connectivity index is 1.59. The number of nitrogens with one attached hydrogen (secondary N) is 1. The molecule has 29 heavy (non-hydrogen) atoms. The number of carbonyl (C=O) groups excluding carboxylic acids is 3. The molecule has 1 aliphatic carbocycles. The first-order chi connectivity index (χ1) is 13.3. The van der Waals surface area contributed by atoms with Crippen LogP contribution in [0.5, 0.6) is 0 Å². The highest BCUT2D eigenvalue weighted by Gasteiger charge is 2.61. The number of benzene rings is 1. The Morgan fingerprint density at radius 1 is 1.14 bits per heavy atom. The minimum absolute atomic E-state index is 0.0522. The Morgan fingerprint density at radius 3 is 2.28 bits per heavy atom. The summed E-state index contributed by atoms with van der Waals surface area (Å²) in [7, 11) is 0. The Hall–Kier alpha value is -2.15. The van der Waals surface area contributed by atoms with Crippen LogP contribution in [-0.4, -0.2) is 46.9 Å². The number of hydrogen-bond donors (Lipinski definition) is 1. The van der Waals surface area contributed by atoms with E-state index in [1.807, 2.05) is 0 Å². The van der Waals surface area contributed by atoms with Crippen molar-refractivity contribution in [1.82, 2.24) is 10.2 Å². The summed E-state index contributed by atoms with van der Waals surface area (Å²) >= 11 is 5.76. The molecule has 1 heterocycles. The molecule has 3 rings (SSSR count). The van der Waals surface area contributed by atoms with Crippen LogP contribution < -0.4 is 5.32 Å². The van der Waals surface area contributed by atoms with Crippen molar-refractivity contribution in [2.75, 3.05) is 13.1 Å². The van der Waals surface area contributed by atoms with Gasteiger partial charge in [-0.2, -0.15) is 0 Å². The number of likely N-dealkylation sites (tertiary alicyclic amines) is 1. The predicted octanol–water partition coefficient (Wildman–Crippen LogP) is 3.67. The first-order valence-corrected chi connectivity index (χ1v) is 9.98. The molecule has 1 aromatic rings. The maximum atomic E-state index is 14.2. The molecule has 6 nitrogen and oxygen atoms in total. The van der Waals surface area contributed by atoms with E-state index in [2.05, 4.69) is 5.32 Å². The van der Waals surface area contributed by atoms with Crippen LogP contribution in [0.15, 0.2) is 18.2 Å². The summed E-state index contributed by atoms with van der Waals surface area (Å²) in [4.78, 5) is 39.2. The first-order valence-electron chi connectivity index (χ1n) is 9.60. The number of halogens is 2. The van der Waals surface area contributed by atoms with Gasteiger partial charge in [0, 0.05) is 19.0 Å². The predicted molar refractivity (Wildman–Crippen MR) is 106 cm³/mol. The molecule has 1 aromatic carbocycles. The standard InChI is InChI=1S/C21H26ClFN2O4/c1-20(2,3)29-19(28)25-9-12-13(10-25)15(12)18(27)24-21(4,5)17(26)11-7-6-8-14(22)16(11)23/h6-8,12-13,15H,9-10H2,1-5H3,(H,24,27)/t12-,13+,15+. The summed E-state index contributed by atoms with van der Waals surface area (Å²) in [5.41, 5.74) is -2.01. The van der Waals surface area contributed by atoms with E-state index in [4.69, 9.17) is 16.3 Å². The third-order valence-electron chi connectivity index (χ3n) is 5.35. The highest BCUT2D eigenvalue weighted by Crippen LogP contribution is 2.52. The molecule has 0 bridgehead atoms. The van der Waals surface area contributed by atoms with E-state index in [1.54, 1.807) is 39.5 Å². The van der Waals surface area contributed by atoms with Crippen LogP contribution in [0.2, 0.25) is 5.02 Å². The summed E-state index contributed by atoms with van der Waals surface area (Å²) in [6.45, 7) is 9.40. The van der Waals surface area contributed by atoms with Crippen LogP contribution >= 0.6 is 11.6 Å². The zero-order valence-electron chi connectivity index (χ0n) is 17.2. The van der Waals surface area contributed by atoms with E-state index in [-0.39, 0.29) is 40.3 Å². The van der Waals surface area contributed by atoms with E-state index in [0.29, 0.717) is 13.1 Å². The van der Waals surface area contributed by atoms with Gasteiger partial charge in [-0.1, -0.05) is 17.7 Å². The Kier molecular flexibility index (Phi) is 5.41. The van der Waals surface area contributed by atoms with Crippen molar-refractivity contribution in [2.45, 2.75) is 45.8 Å². The summed E-state index contributed by atoms with van der Waals surface area (Å²) < 4.78 is 19.6. The molecule has 1 aliphatic heterocycles. The molecule has 8 heteroatoms. The fourth-order valence-electron chi connectivity index (χ4n) is 3.85. The van der Waals surface area contributed by atoms with Crippen molar-refractivity contribution in [3.8, 4) is 0 Å². The third-order valence-corrected chi connectivity index (χ3v) is 5.64. The molecule has 3 atom stereocenters. The molecule has 1 N–H and O–H groups in total. The number of piperidine rings is 1. The summed E-state index contributed by atoms with van der Waals surface area (Å²) in [6, 6.07) is 4.20. The average molecular weight is 425 g/mol. The quantitative estimate of drug-likeness (QED) is 0.748. The minimum Gasteiger partial charge on any atom is -0.444 e. The van der Waals surface area contributed by atoms with Crippen LogP contribution in [-0.2, 0) is 9.53 Å². The van der Waals surface area contributed by atoms with Gasteiger partial charge in [0.2, 0.25) is 5.91 Å². The number of rotatable bonds is 4. The fourth-order valence-corrected chi connectivity index (χ4v) is 4.03. The van der Waals surface area contributed by atoms with E-state index < -0.39 is 22.7 Å². The highest BCUT2D eigenvalue weighted by molar-refractivity contribution is 6.31. The highest BCUT2D eigenvalue weighted by atomic mass is 35.5. The lowest BCUT2D eigenvalue weighted by Crippen LogP contribution is -2.51. The third kappa shape index (κ3) is 4.39. The topological polar surface area (TPSA) is 75.7 Å². The first kappa shape index (κ1) is 21.6. The fraction of sp³-hybridized carbons (Fsp3) is 0.571. The van der Waals surface area contributed by atoms with Crippen LogP contribution in [0.25, 0.3) is 0 Å². The lowest BCUT2D eigenvalue weighted by Gasteiger charge is -2.27. The van der Waals surface area contributed by atoms with Crippen molar-refractivity contribution < 1.29 is 23.5 Å². The molecule has 2 fully saturated rings. The zero-order chi connectivity index (χ0) is 21.7. The SMILES string of the molecule is CC(C)(C)OC(=O)N1C[C@@H]2[C@H](C1)[C@H]2C(=O)NC(C)(C)C(=O)c1cccc(Cl)c1F. The second kappa shape index (κ2) is 7.27. The number of ketones is 1. The van der Waals surface area contributed by atoms with Gasteiger partial charge in [-0.25, -0.2) is 9.18 Å². The number of amides is 2. The molecular formula is C21H26ClFN2O4. The number of ether oxygens (including phenoxy) is 1. The molecule has 0 radical (unpaired) electrons. The van der Waals surface area contributed by atoms with Gasteiger partial charge in [0.1, 0.15) is 5.60 Å². The maximum absolute atomic E-state index is 14.2. The average Bonchev–Trinajstić information content (AvgIpc) is 3.09. The molecule has 1 saturated carbocycles. The van der Waals surface area contributed by atoms with E-state index in [1.165, 1.54) is 18.2 Å². The zero-order valence-corrected chi connectivity index (χ0v) is 18.0. The second-order valence-corrected chi connectivity index (χ2v) is 9.69. The number of nitrogens with zero attached hydrogens (tertiary/aromatic N) is 1. The second-order valence-electron chi connectivity index (χ2n) is 9.28. The van der Waals surface area contributed by atoms with E-state index >= 15 is 0 Å². The molecule has 2 aliphatic rings. The smallest absolute Gasteiger partial charge is 0.410 e. The van der Waals surface area contributed by atoms with E-state index in [0.717, 1.165) is 0 Å². The molecule has 0 spiro atoms. The molecule has 0 unspecified atom stereocenters. The van der Waals surface area contributed by atoms with Crippen LogP contribution in [0.1, 0.15) is 45.0 Å². The molecule has 1 saturated heterocycles. The van der Waals surface area contributed by atoms with Crippen molar-refractivity contribution in [1.29, 1.82) is 0 Å². The summed E-state index contributed by atoms with van der Waals surface area (Å²) in [5.74, 6) is -1.76. The number of hydrogen-bond acceptors (Lipinski definition) is 4. The van der Waals surface area contributed by atoms with Gasteiger partial charge in [0.15, 0.2) is 11.6 Å². The van der Waals surface area contributed by atoms with Crippen molar-refractivity contribution >= 4 is 29.4 Å². The summed E-state index contributed by atoms with van der Waals surface area (Å²) in [5, 5.41) is 2.60. The van der Waals surface area contributed by atoms with Gasteiger partial charge in [-0.3, -0.25) is 9.59 Å². The van der Waals surface area contributed by atoms with Crippen LogP contribution in [0, 0.1) is 23.6 Å². The lowest BCUT2D eigenvalue weighted by molar-refractivity contribution is -0.124. The minimum atomic E-state index is -1.29. The largest absolute Gasteiger partial charge is 0.444 e. The van der Waals surface area contributed by atoms with Gasteiger partial charge >= 0.3 is 6.09 Å². The monoisotopic (exact) mass is 424 g/mol. The van der Waals surface area contributed by atoms with Gasteiger partial charge < -0.3 is 15.0 Å². The molecule has 158 valence electrons. The van der Waals surface area contributed by atoms with Crippen molar-refractivity contribution in [3.05, 3.63) is 34.6 Å². The van der Waals surface area contributed by atoms with Gasteiger partial charge in [0.05, 0.1) is 16.1 Å². The Morgan fingerprint density at radius 2 is 1.72 bits per heavy atom. The molecule has 2 amide bonds. The van der Waals surface area contributed by atoms with E-state index in [9.17, 15) is 18.8 Å². The molecular weight excluding hydrogens is 399 g/mol. The van der Waals surface area contributed by atoms with Gasteiger partial charge in [0.25, 0.3) is 0 Å². The van der Waals surface area contributed by atoms with Crippen molar-refractivity contribution in [3.63, 3.8) is 0 Å². The number of carbonyl (C=O) groups is 3. The summed E-state index contributed by atoms with van der Waals surface area (Å²) in [6.07, 6.45) is -0.379. The van der Waals surface area contributed by atoms with Crippen LogP contribution in [0.4, 0.5) is 9.18 Å². The Bertz CT molecular complexity index is 853. The van der Waals surface area contributed by atoms with Crippen LogP contribution in [0.3, 0.4) is 0 Å². The molecule has 0 aromatic heterocycles. The normalized spacial score (nSPS) is 23.4. The van der Waals surface area contributed by atoms with Crippen molar-refractivity contribution in [2.24, 2.45) is 17.8 Å². The van der Waals surface area contributed by atoms with Gasteiger partial charge in [-0.05, 0) is 58.6 Å².